The fraction of sp³-hybridized carbons (Fsp3) is 0.600. The van der Waals surface area contributed by atoms with Gasteiger partial charge in [-0.1, -0.05) is 33.8 Å². The lowest BCUT2D eigenvalue weighted by atomic mass is 9.90. The van der Waals surface area contributed by atoms with E-state index >= 15 is 0 Å². The van der Waals surface area contributed by atoms with Crippen LogP contribution in [0.3, 0.4) is 0 Å². The first-order valence-electron chi connectivity index (χ1n) is 6.57. The number of hydrogen-bond donors (Lipinski definition) is 1. The summed E-state index contributed by atoms with van der Waals surface area (Å²) in [5.74, 6) is 0. The Bertz CT molecular complexity index is 323. The summed E-state index contributed by atoms with van der Waals surface area (Å²) in [6.45, 7) is 9.01. The highest BCUT2D eigenvalue weighted by Gasteiger charge is 2.12. The first-order chi connectivity index (χ1) is 7.73. The molecule has 0 fully saturated rings. The minimum atomic E-state index is 1.11. The van der Waals surface area contributed by atoms with Crippen LogP contribution < -0.4 is 5.32 Å². The Morgan fingerprint density at radius 3 is 1.75 bits per heavy atom. The maximum atomic E-state index is 3.39. The lowest BCUT2D eigenvalue weighted by Gasteiger charge is -2.20. The van der Waals surface area contributed by atoms with Gasteiger partial charge in [0.2, 0.25) is 0 Å². The molecular formula is C15H25N. The Morgan fingerprint density at radius 1 is 0.812 bits per heavy atom. The molecule has 0 saturated carbocycles. The second-order valence-corrected chi connectivity index (χ2v) is 4.19. The molecule has 1 aromatic carbocycles. The van der Waals surface area contributed by atoms with Crippen molar-refractivity contribution in [2.24, 2.45) is 0 Å². The van der Waals surface area contributed by atoms with Crippen molar-refractivity contribution in [3.05, 3.63) is 28.3 Å². The number of aryl methyl sites for hydroxylation is 2. The molecule has 0 atom stereocenters. The first kappa shape index (κ1) is 13.1. The van der Waals surface area contributed by atoms with Gasteiger partial charge in [-0.25, -0.2) is 0 Å². The Kier molecular flexibility index (Phi) is 4.85. The third-order valence-electron chi connectivity index (χ3n) is 3.44. The number of rotatable bonds is 5. The summed E-state index contributed by atoms with van der Waals surface area (Å²) in [7, 11) is 2.04. The number of anilines is 1. The summed E-state index contributed by atoms with van der Waals surface area (Å²) in [4.78, 5) is 0. The van der Waals surface area contributed by atoms with E-state index in [1.165, 1.54) is 22.4 Å². The van der Waals surface area contributed by atoms with E-state index in [0.29, 0.717) is 0 Å². The van der Waals surface area contributed by atoms with E-state index in [1.807, 2.05) is 7.05 Å². The van der Waals surface area contributed by atoms with Crippen LogP contribution in [-0.2, 0) is 25.7 Å². The van der Waals surface area contributed by atoms with Crippen LogP contribution in [0, 0.1) is 0 Å². The van der Waals surface area contributed by atoms with Gasteiger partial charge in [-0.15, -0.1) is 0 Å². The van der Waals surface area contributed by atoms with Gasteiger partial charge in [-0.3, -0.25) is 0 Å². The fourth-order valence-electron chi connectivity index (χ4n) is 2.64. The molecule has 1 rings (SSSR count). The van der Waals surface area contributed by atoms with Gasteiger partial charge in [0.25, 0.3) is 0 Å². The quantitative estimate of drug-likeness (QED) is 0.790. The number of nitrogens with one attached hydrogen (secondary N) is 1. The van der Waals surface area contributed by atoms with Crippen molar-refractivity contribution >= 4 is 5.69 Å². The van der Waals surface area contributed by atoms with Crippen LogP contribution in [0.2, 0.25) is 0 Å². The van der Waals surface area contributed by atoms with Crippen molar-refractivity contribution in [1.29, 1.82) is 0 Å². The van der Waals surface area contributed by atoms with Gasteiger partial charge in [0.15, 0.2) is 0 Å². The van der Waals surface area contributed by atoms with E-state index in [9.17, 15) is 0 Å². The van der Waals surface area contributed by atoms with Crippen LogP contribution in [0.15, 0.2) is 6.07 Å². The summed E-state index contributed by atoms with van der Waals surface area (Å²) >= 11 is 0. The van der Waals surface area contributed by atoms with Gasteiger partial charge in [0.05, 0.1) is 0 Å². The molecule has 0 unspecified atom stereocenters. The van der Waals surface area contributed by atoms with Gasteiger partial charge in [-0.2, -0.15) is 0 Å². The smallest absolute Gasteiger partial charge is 0.0405 e. The maximum Gasteiger partial charge on any atom is 0.0405 e. The van der Waals surface area contributed by atoms with E-state index in [1.54, 1.807) is 5.56 Å². The molecule has 0 heterocycles. The van der Waals surface area contributed by atoms with Gasteiger partial charge in [0.1, 0.15) is 0 Å². The largest absolute Gasteiger partial charge is 0.388 e. The second-order valence-electron chi connectivity index (χ2n) is 4.19. The summed E-state index contributed by atoms with van der Waals surface area (Å²) in [5.41, 5.74) is 7.47. The Labute approximate surface area is 100 Å². The number of hydrogen-bond acceptors (Lipinski definition) is 1. The fourth-order valence-corrected chi connectivity index (χ4v) is 2.64. The molecule has 0 aliphatic rings. The highest BCUT2D eigenvalue weighted by atomic mass is 14.8. The van der Waals surface area contributed by atoms with Crippen LogP contribution in [0.5, 0.6) is 0 Å². The average molecular weight is 219 g/mol. The highest BCUT2D eigenvalue weighted by molar-refractivity contribution is 5.62. The monoisotopic (exact) mass is 219 g/mol. The van der Waals surface area contributed by atoms with Gasteiger partial charge in [-0.05, 0) is 47.9 Å². The second kappa shape index (κ2) is 5.93. The van der Waals surface area contributed by atoms with Gasteiger partial charge >= 0.3 is 0 Å². The van der Waals surface area contributed by atoms with Crippen molar-refractivity contribution in [2.45, 2.75) is 53.4 Å². The Balaban J connectivity index is 3.47. The third kappa shape index (κ3) is 2.23. The Hall–Kier alpha value is -0.980. The summed E-state index contributed by atoms with van der Waals surface area (Å²) in [6.07, 6.45) is 4.53. The molecular weight excluding hydrogens is 194 g/mol. The molecule has 1 N–H and O–H groups in total. The standard InChI is InChI=1S/C15H25N/c1-6-11-10-12(7-2)15(16-5)14(9-4)13(11)8-3/h10,16H,6-9H2,1-5H3. The topological polar surface area (TPSA) is 12.0 Å². The van der Waals surface area contributed by atoms with E-state index in [-0.39, 0.29) is 0 Å². The lowest BCUT2D eigenvalue weighted by Crippen LogP contribution is -2.06. The highest BCUT2D eigenvalue weighted by Crippen LogP contribution is 2.29. The minimum absolute atomic E-state index is 1.11. The molecule has 0 bridgehead atoms. The molecule has 1 nitrogen and oxygen atoms in total. The zero-order valence-corrected chi connectivity index (χ0v) is 11.4. The molecule has 0 aliphatic carbocycles. The zero-order chi connectivity index (χ0) is 12.1. The summed E-state index contributed by atoms with van der Waals surface area (Å²) in [5, 5.41) is 3.39. The van der Waals surface area contributed by atoms with E-state index < -0.39 is 0 Å². The van der Waals surface area contributed by atoms with Crippen LogP contribution in [-0.4, -0.2) is 7.05 Å². The van der Waals surface area contributed by atoms with Crippen molar-refractivity contribution in [1.82, 2.24) is 0 Å². The van der Waals surface area contributed by atoms with E-state index in [4.69, 9.17) is 0 Å². The van der Waals surface area contributed by atoms with Crippen molar-refractivity contribution in [3.63, 3.8) is 0 Å². The maximum absolute atomic E-state index is 3.39. The van der Waals surface area contributed by atoms with Gasteiger partial charge in [0, 0.05) is 12.7 Å². The van der Waals surface area contributed by atoms with E-state index in [2.05, 4.69) is 39.1 Å². The van der Waals surface area contributed by atoms with Crippen LogP contribution >= 0.6 is 0 Å². The first-order valence-corrected chi connectivity index (χ1v) is 6.57. The third-order valence-corrected chi connectivity index (χ3v) is 3.44. The number of benzene rings is 1. The molecule has 1 heteroatoms. The minimum Gasteiger partial charge on any atom is -0.388 e. The molecule has 1 aromatic rings. The van der Waals surface area contributed by atoms with Crippen LogP contribution in [0.1, 0.15) is 49.9 Å². The van der Waals surface area contributed by atoms with Crippen molar-refractivity contribution in [3.8, 4) is 0 Å². The van der Waals surface area contributed by atoms with Crippen molar-refractivity contribution in [2.75, 3.05) is 12.4 Å². The molecule has 90 valence electrons. The predicted octanol–water partition coefficient (Wildman–Crippen LogP) is 3.98. The SMILES string of the molecule is CCc1cc(CC)c(NC)c(CC)c1CC. The summed E-state index contributed by atoms with van der Waals surface area (Å²) in [6, 6.07) is 2.39. The average Bonchev–Trinajstić information content (AvgIpc) is 2.35. The molecule has 0 radical (unpaired) electrons. The predicted molar refractivity (Wildman–Crippen MR) is 73.5 cm³/mol. The lowest BCUT2D eigenvalue weighted by molar-refractivity contribution is 0.964. The normalized spacial score (nSPS) is 10.6. The summed E-state index contributed by atoms with van der Waals surface area (Å²) < 4.78 is 0. The molecule has 0 saturated heterocycles. The van der Waals surface area contributed by atoms with Crippen molar-refractivity contribution < 1.29 is 0 Å². The molecule has 0 spiro atoms. The molecule has 16 heavy (non-hydrogen) atoms. The molecule has 0 aromatic heterocycles. The molecule has 0 amide bonds. The molecule has 0 aliphatic heterocycles. The Morgan fingerprint density at radius 2 is 1.38 bits per heavy atom. The van der Waals surface area contributed by atoms with Crippen LogP contribution in [0.25, 0.3) is 0 Å². The van der Waals surface area contributed by atoms with E-state index in [0.717, 1.165) is 25.7 Å². The van der Waals surface area contributed by atoms with Crippen LogP contribution in [0.4, 0.5) is 5.69 Å². The van der Waals surface area contributed by atoms with Gasteiger partial charge < -0.3 is 5.32 Å². The zero-order valence-electron chi connectivity index (χ0n) is 11.4.